The van der Waals surface area contributed by atoms with E-state index in [9.17, 15) is 5.11 Å². The minimum Gasteiger partial charge on any atom is -0.496 e. The number of hydrogen-bond donors (Lipinski definition) is 1. The zero-order valence-electron chi connectivity index (χ0n) is 10.5. The van der Waals surface area contributed by atoms with Crippen LogP contribution in [-0.4, -0.2) is 12.2 Å². The first-order chi connectivity index (χ1) is 8.52. The number of rotatable bonds is 3. The summed E-state index contributed by atoms with van der Waals surface area (Å²) in [5, 5.41) is 10.4. The molecule has 1 atom stereocenters. The van der Waals surface area contributed by atoms with Gasteiger partial charge < -0.3 is 9.84 Å². The molecule has 0 aliphatic rings. The van der Waals surface area contributed by atoms with Gasteiger partial charge in [0.1, 0.15) is 11.9 Å². The molecule has 1 aromatic heterocycles. The Hall–Kier alpha value is -0.840. The van der Waals surface area contributed by atoms with Gasteiger partial charge in [0.15, 0.2) is 0 Å². The lowest BCUT2D eigenvalue weighted by Gasteiger charge is -2.11. The Morgan fingerprint density at radius 3 is 2.44 bits per heavy atom. The number of hydrogen-bond acceptors (Lipinski definition) is 3. The summed E-state index contributed by atoms with van der Waals surface area (Å²) in [6.07, 6.45) is -0.579. The fourth-order valence-electron chi connectivity index (χ4n) is 1.85. The van der Waals surface area contributed by atoms with Crippen molar-refractivity contribution in [2.45, 2.75) is 20.0 Å². The Balaban J connectivity index is 2.33. The summed E-state index contributed by atoms with van der Waals surface area (Å²) in [5.74, 6) is 0.842. The van der Waals surface area contributed by atoms with Crippen LogP contribution in [0.4, 0.5) is 0 Å². The van der Waals surface area contributed by atoms with Gasteiger partial charge in [-0.2, -0.15) is 0 Å². The van der Waals surface area contributed by atoms with Crippen LogP contribution in [0.5, 0.6) is 5.75 Å². The Labute approximate surface area is 119 Å². The molecule has 0 saturated heterocycles. The number of thiophene rings is 1. The maximum Gasteiger partial charge on any atom is 0.121 e. The zero-order valence-corrected chi connectivity index (χ0v) is 12.9. The highest BCUT2D eigenvalue weighted by Crippen LogP contribution is 2.35. The van der Waals surface area contributed by atoms with Crippen LogP contribution in [0.3, 0.4) is 0 Å². The molecule has 1 N–H and O–H groups in total. The first kappa shape index (κ1) is 13.6. The standard InChI is InChI=1S/C14H15BrO2S/c1-8-6-10(4-5-11(8)17-3)13(16)12-7-9(2)14(15)18-12/h4-7,13,16H,1-3H3. The molecule has 0 aliphatic carbocycles. The van der Waals surface area contributed by atoms with Crippen LogP contribution >= 0.6 is 27.3 Å². The second-order valence-corrected chi connectivity index (χ2v) is 6.64. The molecule has 0 aliphatic heterocycles. The second-order valence-electron chi connectivity index (χ2n) is 4.24. The summed E-state index contributed by atoms with van der Waals surface area (Å²) in [6.45, 7) is 4.00. The molecule has 0 radical (unpaired) electrons. The number of benzene rings is 1. The molecule has 2 nitrogen and oxygen atoms in total. The third-order valence-corrected chi connectivity index (χ3v) is 5.07. The van der Waals surface area contributed by atoms with E-state index in [0.29, 0.717) is 0 Å². The molecule has 1 heterocycles. The molecule has 4 heteroatoms. The maximum atomic E-state index is 10.4. The molecule has 96 valence electrons. The normalized spacial score (nSPS) is 12.5. The molecule has 0 fully saturated rings. The third kappa shape index (κ3) is 2.60. The molecule has 1 aromatic carbocycles. The van der Waals surface area contributed by atoms with Gasteiger partial charge in [-0.3, -0.25) is 0 Å². The van der Waals surface area contributed by atoms with Gasteiger partial charge in [-0.05, 0) is 64.7 Å². The van der Waals surface area contributed by atoms with Gasteiger partial charge in [-0.15, -0.1) is 11.3 Å². The van der Waals surface area contributed by atoms with E-state index in [2.05, 4.69) is 15.9 Å². The van der Waals surface area contributed by atoms with Crippen molar-refractivity contribution < 1.29 is 9.84 Å². The summed E-state index contributed by atoms with van der Waals surface area (Å²) < 4.78 is 6.29. The van der Waals surface area contributed by atoms with Gasteiger partial charge in [0, 0.05) is 4.88 Å². The molecular weight excluding hydrogens is 312 g/mol. The predicted octanol–water partition coefficient (Wildman–Crippen LogP) is 4.22. The highest BCUT2D eigenvalue weighted by molar-refractivity contribution is 9.11. The smallest absolute Gasteiger partial charge is 0.121 e. The van der Waals surface area contributed by atoms with Gasteiger partial charge in [-0.25, -0.2) is 0 Å². The van der Waals surface area contributed by atoms with Crippen molar-refractivity contribution in [2.24, 2.45) is 0 Å². The first-order valence-corrected chi connectivity index (χ1v) is 7.22. The summed E-state index contributed by atoms with van der Waals surface area (Å²) in [6, 6.07) is 7.77. The van der Waals surface area contributed by atoms with Gasteiger partial charge in [-0.1, -0.05) is 6.07 Å². The summed E-state index contributed by atoms with van der Waals surface area (Å²) >= 11 is 5.05. The number of aryl methyl sites for hydroxylation is 2. The molecular formula is C14H15BrO2S. The van der Waals surface area contributed by atoms with Crippen molar-refractivity contribution >= 4 is 27.3 Å². The lowest BCUT2D eigenvalue weighted by atomic mass is 10.0. The minimum absolute atomic E-state index is 0.579. The molecule has 0 bridgehead atoms. The molecule has 0 spiro atoms. The van der Waals surface area contributed by atoms with Crippen molar-refractivity contribution in [3.63, 3.8) is 0 Å². The Bertz CT molecular complexity index is 543. The Morgan fingerprint density at radius 1 is 1.22 bits per heavy atom. The number of aliphatic hydroxyl groups is 1. The number of ether oxygens (including phenoxy) is 1. The van der Waals surface area contributed by atoms with Gasteiger partial charge in [0.05, 0.1) is 10.9 Å². The quantitative estimate of drug-likeness (QED) is 0.915. The lowest BCUT2D eigenvalue weighted by Crippen LogP contribution is -1.98. The van der Waals surface area contributed by atoms with Crippen molar-refractivity contribution in [1.29, 1.82) is 0 Å². The fourth-order valence-corrected chi connectivity index (χ4v) is 3.44. The molecule has 2 aromatic rings. The third-order valence-electron chi connectivity index (χ3n) is 2.88. The van der Waals surface area contributed by atoms with Crippen LogP contribution in [0.15, 0.2) is 28.1 Å². The van der Waals surface area contributed by atoms with Crippen molar-refractivity contribution in [1.82, 2.24) is 0 Å². The summed E-state index contributed by atoms with van der Waals surface area (Å²) in [5.41, 5.74) is 3.07. The molecule has 0 amide bonds. The molecule has 1 unspecified atom stereocenters. The average molecular weight is 327 g/mol. The SMILES string of the molecule is COc1ccc(C(O)c2cc(C)c(Br)s2)cc1C. The Kier molecular flexibility index (Phi) is 4.10. The highest BCUT2D eigenvalue weighted by Gasteiger charge is 2.15. The zero-order chi connectivity index (χ0) is 13.3. The van der Waals surface area contributed by atoms with Crippen LogP contribution in [0.1, 0.15) is 27.7 Å². The number of aliphatic hydroxyl groups excluding tert-OH is 1. The minimum atomic E-state index is -0.579. The van der Waals surface area contributed by atoms with Crippen LogP contribution in [0.25, 0.3) is 0 Å². The van der Waals surface area contributed by atoms with E-state index < -0.39 is 6.10 Å². The Morgan fingerprint density at radius 2 is 1.94 bits per heavy atom. The van der Waals surface area contributed by atoms with E-state index in [-0.39, 0.29) is 0 Å². The van der Waals surface area contributed by atoms with Gasteiger partial charge in [0.25, 0.3) is 0 Å². The van der Waals surface area contributed by atoms with Gasteiger partial charge in [0.2, 0.25) is 0 Å². The average Bonchev–Trinajstić information content (AvgIpc) is 2.68. The molecule has 18 heavy (non-hydrogen) atoms. The fraction of sp³-hybridized carbons (Fsp3) is 0.286. The topological polar surface area (TPSA) is 29.5 Å². The summed E-state index contributed by atoms with van der Waals surface area (Å²) in [7, 11) is 1.65. The van der Waals surface area contributed by atoms with Crippen molar-refractivity contribution in [2.75, 3.05) is 7.11 Å². The maximum absolute atomic E-state index is 10.4. The molecule has 2 rings (SSSR count). The van der Waals surface area contributed by atoms with Crippen molar-refractivity contribution in [3.05, 3.63) is 49.6 Å². The predicted molar refractivity (Wildman–Crippen MR) is 78.5 cm³/mol. The van der Waals surface area contributed by atoms with Crippen LogP contribution in [0, 0.1) is 13.8 Å². The number of halogens is 1. The monoisotopic (exact) mass is 326 g/mol. The number of methoxy groups -OCH3 is 1. The second kappa shape index (κ2) is 5.43. The van der Waals surface area contributed by atoms with Gasteiger partial charge >= 0.3 is 0 Å². The van der Waals surface area contributed by atoms with Crippen LogP contribution < -0.4 is 4.74 Å². The van der Waals surface area contributed by atoms with E-state index in [0.717, 1.165) is 31.1 Å². The lowest BCUT2D eigenvalue weighted by molar-refractivity contribution is 0.224. The summed E-state index contributed by atoms with van der Waals surface area (Å²) in [4.78, 5) is 0.948. The van der Waals surface area contributed by atoms with Crippen LogP contribution in [0.2, 0.25) is 0 Å². The van der Waals surface area contributed by atoms with E-state index in [1.807, 2.05) is 38.1 Å². The highest BCUT2D eigenvalue weighted by atomic mass is 79.9. The molecule has 0 saturated carbocycles. The van der Waals surface area contributed by atoms with E-state index in [1.165, 1.54) is 0 Å². The van der Waals surface area contributed by atoms with E-state index >= 15 is 0 Å². The van der Waals surface area contributed by atoms with E-state index in [4.69, 9.17) is 4.74 Å². The largest absolute Gasteiger partial charge is 0.496 e. The van der Waals surface area contributed by atoms with Crippen LogP contribution in [-0.2, 0) is 0 Å². The van der Waals surface area contributed by atoms with Crippen molar-refractivity contribution in [3.8, 4) is 5.75 Å². The first-order valence-electron chi connectivity index (χ1n) is 5.61. The van der Waals surface area contributed by atoms with E-state index in [1.54, 1.807) is 18.4 Å².